The van der Waals surface area contributed by atoms with Gasteiger partial charge >= 0.3 is 0 Å². The summed E-state index contributed by atoms with van der Waals surface area (Å²) in [6, 6.07) is 7.85. The van der Waals surface area contributed by atoms with Gasteiger partial charge in [0.1, 0.15) is 17.2 Å². The first-order valence-corrected chi connectivity index (χ1v) is 8.08. The Morgan fingerprint density at radius 1 is 1.23 bits per heavy atom. The topological polar surface area (TPSA) is 106 Å². The van der Waals surface area contributed by atoms with Gasteiger partial charge in [0.25, 0.3) is 5.91 Å². The summed E-state index contributed by atoms with van der Waals surface area (Å²) in [7, 11) is 1.52. The van der Waals surface area contributed by atoms with Crippen molar-refractivity contribution in [2.24, 2.45) is 5.73 Å². The van der Waals surface area contributed by atoms with E-state index in [9.17, 15) is 14.7 Å². The van der Waals surface area contributed by atoms with Crippen molar-refractivity contribution in [3.05, 3.63) is 47.8 Å². The number of amides is 2. The summed E-state index contributed by atoms with van der Waals surface area (Å²) in [6.07, 6.45) is 1.40. The van der Waals surface area contributed by atoms with E-state index in [0.717, 1.165) is 0 Å². The number of hydrogen-bond acceptors (Lipinski definition) is 5. The highest BCUT2D eigenvalue weighted by atomic mass is 16.5. The minimum absolute atomic E-state index is 0.0144. The van der Waals surface area contributed by atoms with Gasteiger partial charge in [0.2, 0.25) is 5.91 Å². The van der Waals surface area contributed by atoms with Crippen molar-refractivity contribution in [3.63, 3.8) is 0 Å². The molecule has 1 aromatic heterocycles. The third-order valence-electron chi connectivity index (χ3n) is 3.80. The van der Waals surface area contributed by atoms with Crippen molar-refractivity contribution < 1.29 is 19.4 Å². The Kier molecular flexibility index (Phi) is 5.50. The van der Waals surface area contributed by atoms with Crippen LogP contribution >= 0.6 is 0 Å². The third-order valence-corrected chi connectivity index (χ3v) is 3.80. The highest BCUT2D eigenvalue weighted by Crippen LogP contribution is 2.28. The normalized spacial score (nSPS) is 11.1. The van der Waals surface area contributed by atoms with E-state index < -0.39 is 11.4 Å². The molecule has 0 radical (unpaired) electrons. The van der Waals surface area contributed by atoms with E-state index in [-0.39, 0.29) is 23.8 Å². The lowest BCUT2D eigenvalue weighted by Crippen LogP contribution is -2.46. The third kappa shape index (κ3) is 4.30. The molecule has 0 saturated carbocycles. The van der Waals surface area contributed by atoms with Crippen molar-refractivity contribution in [3.8, 4) is 11.5 Å². The number of rotatable bonds is 5. The van der Waals surface area contributed by atoms with Gasteiger partial charge in [-0.3, -0.25) is 14.6 Å². The lowest BCUT2D eigenvalue weighted by Gasteiger charge is -2.36. The van der Waals surface area contributed by atoms with Gasteiger partial charge in [0.15, 0.2) is 0 Å². The van der Waals surface area contributed by atoms with Gasteiger partial charge in [-0.2, -0.15) is 0 Å². The number of aromatic hydroxyl groups is 1. The lowest BCUT2D eigenvalue weighted by molar-refractivity contribution is -0.118. The molecule has 0 aliphatic carbocycles. The molecule has 0 atom stereocenters. The Labute approximate surface area is 152 Å². The van der Waals surface area contributed by atoms with Gasteiger partial charge in [-0.05, 0) is 51.1 Å². The number of hydrogen-bond donors (Lipinski definition) is 2. The van der Waals surface area contributed by atoms with Crippen LogP contribution in [0.1, 0.15) is 36.8 Å². The second kappa shape index (κ2) is 7.43. The summed E-state index contributed by atoms with van der Waals surface area (Å²) in [4.78, 5) is 29.9. The summed E-state index contributed by atoms with van der Waals surface area (Å²) in [5, 5.41) is 10.1. The van der Waals surface area contributed by atoms with Crippen molar-refractivity contribution in [1.29, 1.82) is 0 Å². The number of phenolic OH excluding ortho intramolecular Hbond substituents is 1. The van der Waals surface area contributed by atoms with E-state index in [4.69, 9.17) is 10.5 Å². The first-order chi connectivity index (χ1) is 12.1. The van der Waals surface area contributed by atoms with Crippen molar-refractivity contribution >= 4 is 17.5 Å². The first kappa shape index (κ1) is 19.2. The minimum Gasteiger partial charge on any atom is -0.508 e. The number of carbonyl (C=O) groups excluding carboxylic acids is 2. The number of aromatic nitrogens is 1. The van der Waals surface area contributed by atoms with Crippen LogP contribution in [-0.4, -0.2) is 34.6 Å². The zero-order valence-corrected chi connectivity index (χ0v) is 15.3. The zero-order valence-electron chi connectivity index (χ0n) is 15.3. The fraction of sp³-hybridized carbons (Fsp3) is 0.316. The number of pyridine rings is 1. The quantitative estimate of drug-likeness (QED) is 0.854. The van der Waals surface area contributed by atoms with Gasteiger partial charge in [-0.25, -0.2) is 0 Å². The molecule has 1 heterocycles. The molecule has 2 amide bonds. The second-order valence-electron chi connectivity index (χ2n) is 6.83. The Morgan fingerprint density at radius 2 is 1.92 bits per heavy atom. The van der Waals surface area contributed by atoms with Crippen LogP contribution in [0.15, 0.2) is 36.5 Å². The maximum atomic E-state index is 13.0. The molecule has 0 bridgehead atoms. The van der Waals surface area contributed by atoms with Crippen LogP contribution < -0.4 is 15.4 Å². The molecule has 7 nitrogen and oxygen atoms in total. The molecule has 0 fully saturated rings. The predicted molar refractivity (Wildman–Crippen MR) is 98.4 cm³/mol. The fourth-order valence-corrected chi connectivity index (χ4v) is 2.67. The molecule has 138 valence electrons. The molecule has 2 rings (SSSR count). The molecule has 3 N–H and O–H groups in total. The van der Waals surface area contributed by atoms with Crippen LogP contribution in [0.3, 0.4) is 0 Å². The van der Waals surface area contributed by atoms with E-state index in [0.29, 0.717) is 17.0 Å². The maximum Gasteiger partial charge on any atom is 0.267 e. The highest BCUT2D eigenvalue weighted by molar-refractivity contribution is 5.98. The summed E-state index contributed by atoms with van der Waals surface area (Å²) < 4.78 is 5.15. The Morgan fingerprint density at radius 3 is 2.50 bits per heavy atom. The second-order valence-corrected chi connectivity index (χ2v) is 6.83. The number of anilines is 1. The molecule has 0 aliphatic heterocycles. The summed E-state index contributed by atoms with van der Waals surface area (Å²) >= 11 is 0. The van der Waals surface area contributed by atoms with E-state index in [1.54, 1.807) is 23.1 Å². The van der Waals surface area contributed by atoms with Crippen LogP contribution in [0, 0.1) is 0 Å². The van der Waals surface area contributed by atoms with Crippen LogP contribution in [0.2, 0.25) is 0 Å². The van der Waals surface area contributed by atoms with E-state index in [1.807, 2.05) is 20.8 Å². The maximum absolute atomic E-state index is 13.0. The first-order valence-electron chi connectivity index (χ1n) is 8.08. The average molecular weight is 357 g/mol. The van der Waals surface area contributed by atoms with Crippen molar-refractivity contribution in [1.82, 2.24) is 4.98 Å². The fourth-order valence-electron chi connectivity index (χ4n) is 2.67. The summed E-state index contributed by atoms with van der Waals surface area (Å²) in [5.41, 5.74) is 5.76. The molecule has 2 aromatic rings. The standard InChI is InChI=1S/C19H23N3O4/c1-19(2,3)22(13-7-8-21-15(11-13)18(20)25)17(24)10-12-9-14(26-4)5-6-16(12)23/h5-9,11,23H,10H2,1-4H3,(H2,20,25). The number of benzene rings is 1. The molecule has 0 aliphatic rings. The number of nitrogens with zero attached hydrogens (tertiary/aromatic N) is 2. The highest BCUT2D eigenvalue weighted by Gasteiger charge is 2.29. The monoisotopic (exact) mass is 357 g/mol. The molecule has 0 spiro atoms. The van der Waals surface area contributed by atoms with E-state index in [2.05, 4.69) is 4.98 Å². The Hall–Kier alpha value is -3.09. The van der Waals surface area contributed by atoms with Crippen LogP contribution in [0.25, 0.3) is 0 Å². The molecule has 1 aromatic carbocycles. The Balaban J connectivity index is 2.40. The van der Waals surface area contributed by atoms with Crippen molar-refractivity contribution in [2.75, 3.05) is 12.0 Å². The molecule has 7 heteroatoms. The van der Waals surface area contributed by atoms with Crippen molar-refractivity contribution in [2.45, 2.75) is 32.7 Å². The molecular formula is C19H23N3O4. The number of primary amides is 1. The summed E-state index contributed by atoms with van der Waals surface area (Å²) in [5.74, 6) is -0.352. The van der Waals surface area contributed by atoms with Gasteiger partial charge in [0, 0.05) is 23.0 Å². The SMILES string of the molecule is COc1ccc(O)c(CC(=O)N(c2ccnc(C(N)=O)c2)C(C)(C)C)c1. The molecule has 26 heavy (non-hydrogen) atoms. The Bertz CT molecular complexity index is 828. The van der Waals surface area contributed by atoms with Gasteiger partial charge in [-0.15, -0.1) is 0 Å². The number of methoxy groups -OCH3 is 1. The zero-order chi connectivity index (χ0) is 19.5. The average Bonchev–Trinajstić information content (AvgIpc) is 2.56. The molecular weight excluding hydrogens is 334 g/mol. The summed E-state index contributed by atoms with van der Waals surface area (Å²) in [6.45, 7) is 5.63. The molecule has 0 unspecified atom stereocenters. The van der Waals surface area contributed by atoms with Gasteiger partial charge in [0.05, 0.1) is 13.5 Å². The number of ether oxygens (including phenoxy) is 1. The van der Waals surface area contributed by atoms with Crippen LogP contribution in [0.5, 0.6) is 11.5 Å². The number of carbonyl (C=O) groups is 2. The lowest BCUT2D eigenvalue weighted by atomic mass is 10.0. The molecule has 0 saturated heterocycles. The minimum atomic E-state index is -0.668. The number of phenols is 1. The largest absolute Gasteiger partial charge is 0.508 e. The predicted octanol–water partition coefficient (Wildman–Crippen LogP) is 2.27. The van der Waals surface area contributed by atoms with Gasteiger partial charge in [-0.1, -0.05) is 0 Å². The van der Waals surface area contributed by atoms with Gasteiger partial charge < -0.3 is 20.5 Å². The van der Waals surface area contributed by atoms with Crippen LogP contribution in [0.4, 0.5) is 5.69 Å². The number of nitrogens with two attached hydrogens (primary N) is 1. The van der Waals surface area contributed by atoms with E-state index in [1.165, 1.54) is 25.4 Å². The van der Waals surface area contributed by atoms with E-state index >= 15 is 0 Å². The smallest absolute Gasteiger partial charge is 0.267 e. The van der Waals surface area contributed by atoms with Crippen LogP contribution in [-0.2, 0) is 11.2 Å².